The van der Waals surface area contributed by atoms with Gasteiger partial charge in [-0.25, -0.2) is 0 Å². The van der Waals surface area contributed by atoms with Crippen LogP contribution in [-0.2, 0) is 0 Å². The van der Waals surface area contributed by atoms with Gasteiger partial charge in [-0.05, 0) is 29.7 Å². The number of benzene rings is 1. The predicted octanol–water partition coefficient (Wildman–Crippen LogP) is 4.08. The van der Waals surface area contributed by atoms with E-state index in [1.165, 1.54) is 5.56 Å². The van der Waals surface area contributed by atoms with Crippen molar-refractivity contribution in [3.8, 4) is 5.75 Å². The molecule has 0 aromatic heterocycles. The maximum Gasteiger partial charge on any atom is 0.121 e. The second-order valence-corrected chi connectivity index (χ2v) is 4.23. The average Bonchev–Trinajstić information content (AvgIpc) is 2.14. The van der Waals surface area contributed by atoms with Gasteiger partial charge in [-0.1, -0.05) is 25.4 Å². The van der Waals surface area contributed by atoms with Crippen LogP contribution in [0.5, 0.6) is 5.75 Å². The highest BCUT2D eigenvalue weighted by molar-refractivity contribution is 6.30. The Bertz CT molecular complexity index is 297. The third-order valence-corrected chi connectivity index (χ3v) is 2.28. The molecule has 1 aromatic rings. The monoisotopic (exact) mass is 232 g/mol. The van der Waals surface area contributed by atoms with Crippen molar-refractivity contribution in [1.29, 1.82) is 0 Å². The number of halogens is 2. The van der Waals surface area contributed by atoms with Crippen molar-refractivity contribution in [2.75, 3.05) is 12.5 Å². The molecule has 78 valence electrons. The second-order valence-electron chi connectivity index (χ2n) is 3.41. The molecule has 0 N–H and O–H groups in total. The van der Waals surface area contributed by atoms with E-state index in [0.29, 0.717) is 23.4 Å². The van der Waals surface area contributed by atoms with E-state index in [4.69, 9.17) is 27.9 Å². The zero-order valence-corrected chi connectivity index (χ0v) is 9.90. The molecule has 0 amide bonds. The fourth-order valence-electron chi connectivity index (χ4n) is 1.16. The van der Waals surface area contributed by atoms with E-state index in [-0.39, 0.29) is 0 Å². The summed E-state index contributed by atoms with van der Waals surface area (Å²) in [6.07, 6.45) is 0. The number of hydrogen-bond acceptors (Lipinski definition) is 1. The Morgan fingerprint density at radius 1 is 1.29 bits per heavy atom. The van der Waals surface area contributed by atoms with Gasteiger partial charge in [-0.2, -0.15) is 0 Å². The van der Waals surface area contributed by atoms with E-state index >= 15 is 0 Å². The first-order chi connectivity index (χ1) is 6.63. The molecule has 1 nitrogen and oxygen atoms in total. The Morgan fingerprint density at radius 3 is 2.57 bits per heavy atom. The van der Waals surface area contributed by atoms with Crippen LogP contribution in [0.2, 0.25) is 5.02 Å². The summed E-state index contributed by atoms with van der Waals surface area (Å²) in [5.74, 6) is 1.73. The highest BCUT2D eigenvalue weighted by atomic mass is 35.5. The highest BCUT2D eigenvalue weighted by Crippen LogP contribution is 2.25. The van der Waals surface area contributed by atoms with Gasteiger partial charge in [0.25, 0.3) is 0 Å². The first kappa shape index (κ1) is 11.7. The smallest absolute Gasteiger partial charge is 0.121 e. The minimum Gasteiger partial charge on any atom is -0.492 e. The molecule has 14 heavy (non-hydrogen) atoms. The van der Waals surface area contributed by atoms with Crippen molar-refractivity contribution < 1.29 is 4.74 Å². The molecular formula is C11H14Cl2O. The molecule has 0 saturated heterocycles. The molecular weight excluding hydrogens is 219 g/mol. The summed E-state index contributed by atoms with van der Waals surface area (Å²) in [6, 6.07) is 5.77. The summed E-state index contributed by atoms with van der Waals surface area (Å²) in [4.78, 5) is 0. The summed E-state index contributed by atoms with van der Waals surface area (Å²) in [7, 11) is 0. The van der Waals surface area contributed by atoms with Crippen molar-refractivity contribution in [3.63, 3.8) is 0 Å². The standard InChI is InChI=1S/C11H14Cl2O/c1-8(2)9-5-10(13)7-11(6-9)14-4-3-12/h5-8H,3-4H2,1-2H3. The van der Waals surface area contributed by atoms with Crippen LogP contribution in [0, 0.1) is 0 Å². The molecule has 0 radical (unpaired) electrons. The van der Waals surface area contributed by atoms with E-state index in [0.717, 1.165) is 5.75 Å². The molecule has 0 fully saturated rings. The third-order valence-electron chi connectivity index (χ3n) is 1.91. The zero-order valence-electron chi connectivity index (χ0n) is 8.39. The molecule has 0 aliphatic heterocycles. The quantitative estimate of drug-likeness (QED) is 0.712. The number of alkyl halides is 1. The Hall–Kier alpha value is -0.400. The normalized spacial score (nSPS) is 10.6. The van der Waals surface area contributed by atoms with Gasteiger partial charge in [0.2, 0.25) is 0 Å². The molecule has 0 atom stereocenters. The maximum atomic E-state index is 5.96. The number of rotatable bonds is 4. The predicted molar refractivity (Wildman–Crippen MR) is 61.8 cm³/mol. The van der Waals surface area contributed by atoms with Crippen LogP contribution in [0.3, 0.4) is 0 Å². The minimum atomic E-state index is 0.451. The first-order valence-corrected chi connectivity index (χ1v) is 5.54. The number of hydrogen-bond donors (Lipinski definition) is 0. The highest BCUT2D eigenvalue weighted by Gasteiger charge is 2.03. The van der Waals surface area contributed by atoms with Gasteiger partial charge >= 0.3 is 0 Å². The summed E-state index contributed by atoms with van der Waals surface area (Å²) >= 11 is 11.5. The summed E-state index contributed by atoms with van der Waals surface area (Å²) in [5.41, 5.74) is 1.18. The van der Waals surface area contributed by atoms with Crippen molar-refractivity contribution in [3.05, 3.63) is 28.8 Å². The number of ether oxygens (including phenoxy) is 1. The Kier molecular flexibility index (Phi) is 4.56. The van der Waals surface area contributed by atoms with Crippen LogP contribution >= 0.6 is 23.2 Å². The summed E-state index contributed by atoms with van der Waals surface area (Å²) < 4.78 is 5.41. The molecule has 0 bridgehead atoms. The minimum absolute atomic E-state index is 0.451. The second kappa shape index (κ2) is 5.47. The van der Waals surface area contributed by atoms with E-state index < -0.39 is 0 Å². The van der Waals surface area contributed by atoms with Gasteiger partial charge in [0, 0.05) is 5.02 Å². The molecule has 0 unspecified atom stereocenters. The van der Waals surface area contributed by atoms with E-state index in [9.17, 15) is 0 Å². The van der Waals surface area contributed by atoms with Crippen LogP contribution in [0.25, 0.3) is 0 Å². The van der Waals surface area contributed by atoms with Gasteiger partial charge in [0.05, 0.1) is 5.88 Å². The van der Waals surface area contributed by atoms with Crippen LogP contribution in [0.4, 0.5) is 0 Å². The Labute approximate surface area is 95.0 Å². The molecule has 0 aliphatic carbocycles. The molecule has 0 saturated carbocycles. The van der Waals surface area contributed by atoms with Crippen molar-refractivity contribution >= 4 is 23.2 Å². The maximum absolute atomic E-state index is 5.96. The van der Waals surface area contributed by atoms with Crippen LogP contribution in [-0.4, -0.2) is 12.5 Å². The van der Waals surface area contributed by atoms with Crippen LogP contribution < -0.4 is 4.74 Å². The largest absolute Gasteiger partial charge is 0.492 e. The molecule has 0 spiro atoms. The lowest BCUT2D eigenvalue weighted by atomic mass is 10.0. The molecule has 3 heteroatoms. The van der Waals surface area contributed by atoms with E-state index in [1.54, 1.807) is 6.07 Å². The van der Waals surface area contributed by atoms with Gasteiger partial charge in [0.15, 0.2) is 0 Å². The van der Waals surface area contributed by atoms with Crippen molar-refractivity contribution in [1.82, 2.24) is 0 Å². The zero-order chi connectivity index (χ0) is 10.6. The van der Waals surface area contributed by atoms with Gasteiger partial charge in [-0.3, -0.25) is 0 Å². The average molecular weight is 233 g/mol. The van der Waals surface area contributed by atoms with Gasteiger partial charge < -0.3 is 4.74 Å². The van der Waals surface area contributed by atoms with E-state index in [2.05, 4.69) is 13.8 Å². The lowest BCUT2D eigenvalue weighted by Crippen LogP contribution is -1.99. The summed E-state index contributed by atoms with van der Waals surface area (Å²) in [5, 5.41) is 0.709. The lowest BCUT2D eigenvalue weighted by Gasteiger charge is -2.10. The topological polar surface area (TPSA) is 9.23 Å². The van der Waals surface area contributed by atoms with Crippen LogP contribution in [0.15, 0.2) is 18.2 Å². The molecule has 1 rings (SSSR count). The third kappa shape index (κ3) is 3.39. The molecule has 0 heterocycles. The van der Waals surface area contributed by atoms with Crippen LogP contribution in [0.1, 0.15) is 25.3 Å². The lowest BCUT2D eigenvalue weighted by molar-refractivity contribution is 0.342. The fraction of sp³-hybridized carbons (Fsp3) is 0.455. The Morgan fingerprint density at radius 2 is 2.00 bits per heavy atom. The summed E-state index contributed by atoms with van der Waals surface area (Å²) in [6.45, 7) is 4.76. The van der Waals surface area contributed by atoms with E-state index in [1.807, 2.05) is 12.1 Å². The van der Waals surface area contributed by atoms with Gasteiger partial charge in [-0.15, -0.1) is 11.6 Å². The SMILES string of the molecule is CC(C)c1cc(Cl)cc(OCCCl)c1. The Balaban J connectivity index is 2.84. The van der Waals surface area contributed by atoms with Gasteiger partial charge in [0.1, 0.15) is 12.4 Å². The first-order valence-electron chi connectivity index (χ1n) is 4.62. The molecule has 0 aliphatic rings. The van der Waals surface area contributed by atoms with Crippen molar-refractivity contribution in [2.24, 2.45) is 0 Å². The molecule has 1 aromatic carbocycles. The van der Waals surface area contributed by atoms with Crippen molar-refractivity contribution in [2.45, 2.75) is 19.8 Å². The fourth-order valence-corrected chi connectivity index (χ4v) is 1.47.